The van der Waals surface area contributed by atoms with Crippen LogP contribution in [0, 0.1) is 28.6 Å². The van der Waals surface area contributed by atoms with Gasteiger partial charge in [0.2, 0.25) is 17.6 Å². The first-order valence-electron chi connectivity index (χ1n) is 18.9. The fourth-order valence-corrected chi connectivity index (χ4v) is 9.75. The summed E-state index contributed by atoms with van der Waals surface area (Å²) in [6, 6.07) is -3.54. The number of amides is 5. The Morgan fingerprint density at radius 3 is 2.10 bits per heavy atom. The highest BCUT2D eigenvalue weighted by atomic mass is 32.2. The van der Waals surface area contributed by atoms with Crippen molar-refractivity contribution in [2.45, 2.75) is 148 Å². The third kappa shape index (κ3) is 9.16. The van der Waals surface area contributed by atoms with Gasteiger partial charge in [-0.1, -0.05) is 79.2 Å². The minimum Gasteiger partial charge on any atom is -0.349 e. The molecule has 3 saturated carbocycles. The van der Waals surface area contributed by atoms with Gasteiger partial charge in [0.1, 0.15) is 12.1 Å². The van der Waals surface area contributed by atoms with Gasteiger partial charge in [0, 0.05) is 13.1 Å². The molecule has 0 bridgehead atoms. The van der Waals surface area contributed by atoms with Crippen molar-refractivity contribution in [3.63, 3.8) is 0 Å². The number of hydrogen-bond donors (Lipinski definition) is 4. The summed E-state index contributed by atoms with van der Waals surface area (Å²) >= 11 is 0. The van der Waals surface area contributed by atoms with Gasteiger partial charge in [0.15, 0.2) is 9.84 Å². The maximum atomic E-state index is 14.5. The Morgan fingerprint density at radius 1 is 0.941 bits per heavy atom. The molecular weight excluding hydrogens is 671 g/mol. The summed E-state index contributed by atoms with van der Waals surface area (Å²) in [5, 5.41) is 11.4. The molecule has 0 radical (unpaired) electrons. The summed E-state index contributed by atoms with van der Waals surface area (Å²) in [5.74, 6) is -2.38. The van der Waals surface area contributed by atoms with Gasteiger partial charge in [-0.3, -0.25) is 19.2 Å². The third-order valence-corrected chi connectivity index (χ3v) is 14.8. The third-order valence-electron chi connectivity index (χ3n) is 12.0. The predicted octanol–water partition coefficient (Wildman–Crippen LogP) is 4.04. The number of rotatable bonds is 14. The molecule has 0 aromatic carbocycles. The molecule has 0 aromatic heterocycles. The van der Waals surface area contributed by atoms with Crippen LogP contribution in [0.1, 0.15) is 120 Å². The van der Waals surface area contributed by atoms with E-state index in [-0.39, 0.29) is 35.5 Å². The molecule has 5 atom stereocenters. The van der Waals surface area contributed by atoms with E-state index < -0.39 is 73.2 Å². The van der Waals surface area contributed by atoms with Crippen LogP contribution < -0.4 is 21.3 Å². The van der Waals surface area contributed by atoms with Gasteiger partial charge in [-0.05, 0) is 75.0 Å². The van der Waals surface area contributed by atoms with Crippen LogP contribution in [0.4, 0.5) is 4.79 Å². The molecular formula is C38H63N5O7S. The lowest BCUT2D eigenvalue weighted by atomic mass is 9.80. The molecule has 0 aromatic rings. The average Bonchev–Trinajstić information content (AvgIpc) is 3.30. The minimum absolute atomic E-state index is 0.0581. The average molecular weight is 734 g/mol. The Hall–Kier alpha value is -2.96. The van der Waals surface area contributed by atoms with Gasteiger partial charge in [0.25, 0.3) is 5.91 Å². The quantitative estimate of drug-likeness (QED) is 0.119. The maximum absolute atomic E-state index is 14.5. The fourth-order valence-electron chi connectivity index (χ4n) is 8.23. The second-order valence-corrected chi connectivity index (χ2v) is 21.0. The Labute approximate surface area is 305 Å². The molecule has 5 amide bonds. The number of fused-ring (bicyclic) bond motifs is 1. The molecule has 1 saturated heterocycles. The number of Topliss-reactive ketones (excluding diaryl/α,β-unsaturated/α-hetero) is 1. The van der Waals surface area contributed by atoms with Crippen LogP contribution in [0.2, 0.25) is 0 Å². The largest absolute Gasteiger partial charge is 0.349 e. The lowest BCUT2D eigenvalue weighted by molar-refractivity contribution is -0.145. The van der Waals surface area contributed by atoms with E-state index >= 15 is 0 Å². The summed E-state index contributed by atoms with van der Waals surface area (Å²) in [5.41, 5.74) is -1.93. The van der Waals surface area contributed by atoms with Crippen molar-refractivity contribution >= 4 is 39.4 Å². The number of piperidine rings is 1. The lowest BCUT2D eigenvalue weighted by Gasteiger charge is -2.41. The monoisotopic (exact) mass is 733 g/mol. The summed E-state index contributed by atoms with van der Waals surface area (Å²) in [7, 11) is -3.57. The van der Waals surface area contributed by atoms with Crippen molar-refractivity contribution in [3.05, 3.63) is 12.7 Å². The van der Waals surface area contributed by atoms with E-state index in [2.05, 4.69) is 41.7 Å². The second-order valence-electron chi connectivity index (χ2n) is 18.3. The van der Waals surface area contributed by atoms with E-state index in [1.807, 2.05) is 20.8 Å². The fraction of sp³-hybridized carbons (Fsp3) is 0.816. The van der Waals surface area contributed by atoms with Crippen LogP contribution in [0.15, 0.2) is 12.7 Å². The van der Waals surface area contributed by atoms with E-state index in [0.717, 1.165) is 38.5 Å². The number of sulfone groups is 1. The maximum Gasteiger partial charge on any atom is 0.315 e. The minimum atomic E-state index is -3.57. The SMILES string of the molecule is C=CCCNC(=O)C(=O)C(CC1CCC1)NC(=O)[C@@H]1C2[C@H](CN1C(=O)[C@@H](NC(=O)NC1(CS(=O)(=O)C(C)(C)C)CCCCC1)C(C)(C)C)C2(C)C. The smallest absolute Gasteiger partial charge is 0.315 e. The van der Waals surface area contributed by atoms with E-state index in [4.69, 9.17) is 0 Å². The van der Waals surface area contributed by atoms with Crippen LogP contribution in [-0.4, -0.2) is 90.1 Å². The zero-order valence-corrected chi connectivity index (χ0v) is 33.0. The summed E-state index contributed by atoms with van der Waals surface area (Å²) < 4.78 is 25.7. The molecule has 51 heavy (non-hydrogen) atoms. The summed E-state index contributed by atoms with van der Waals surface area (Å²) in [6.45, 7) is 18.9. The van der Waals surface area contributed by atoms with E-state index in [1.165, 1.54) is 0 Å². The first kappa shape index (κ1) is 40.8. The highest BCUT2D eigenvalue weighted by Gasteiger charge is 2.70. The van der Waals surface area contributed by atoms with Crippen LogP contribution in [0.3, 0.4) is 0 Å². The molecule has 2 unspecified atom stereocenters. The number of carbonyl (C=O) groups is 5. The first-order valence-corrected chi connectivity index (χ1v) is 20.5. The molecule has 12 nitrogen and oxygen atoms in total. The number of likely N-dealkylation sites (tertiary alicyclic amines) is 1. The molecule has 13 heteroatoms. The zero-order chi connectivity index (χ0) is 38.2. The topological polar surface area (TPSA) is 171 Å². The Morgan fingerprint density at radius 2 is 1.57 bits per heavy atom. The predicted molar refractivity (Wildman–Crippen MR) is 197 cm³/mol. The normalized spacial score (nSPS) is 25.3. The highest BCUT2D eigenvalue weighted by Crippen LogP contribution is 2.65. The van der Waals surface area contributed by atoms with Crippen molar-refractivity contribution in [3.8, 4) is 0 Å². The Bertz CT molecular complexity index is 1470. The van der Waals surface area contributed by atoms with Gasteiger partial charge in [-0.25, -0.2) is 13.2 Å². The highest BCUT2D eigenvalue weighted by molar-refractivity contribution is 7.92. The lowest BCUT2D eigenvalue weighted by Crippen LogP contribution is -2.64. The zero-order valence-electron chi connectivity index (χ0n) is 32.2. The van der Waals surface area contributed by atoms with Gasteiger partial charge in [-0.2, -0.15) is 0 Å². The molecule has 4 N–H and O–H groups in total. The van der Waals surface area contributed by atoms with Crippen molar-refractivity contribution in [2.24, 2.45) is 28.6 Å². The second kappa shape index (κ2) is 15.2. The first-order chi connectivity index (χ1) is 23.5. The van der Waals surface area contributed by atoms with Gasteiger partial charge < -0.3 is 26.2 Å². The standard InChI is InChI=1S/C38H63N5O7S/c1-10-11-20-39-32(46)29(44)26(21-24-16-15-17-24)40-31(45)28-27-25(37(27,8)9)22-43(28)33(47)30(35(2,3)4)41-34(48)42-38(18-13-12-14-19-38)23-51(49,50)36(5,6)7/h10,24-28,30H,1,11-23H2,2-9H3,(H,39,46)(H,40,45)(H2,41,42,48)/t25-,26?,27?,28-,30+/m0/s1. The van der Waals surface area contributed by atoms with E-state index in [0.29, 0.717) is 32.2 Å². The van der Waals surface area contributed by atoms with E-state index in [9.17, 15) is 32.4 Å². The number of carbonyl (C=O) groups excluding carboxylic acids is 5. The summed E-state index contributed by atoms with van der Waals surface area (Å²) in [6.07, 6.45) is 8.95. The number of nitrogens with one attached hydrogen (secondary N) is 4. The molecule has 4 aliphatic rings. The van der Waals surface area contributed by atoms with Crippen molar-refractivity contribution in [1.29, 1.82) is 0 Å². The molecule has 4 rings (SSSR count). The Balaban J connectivity index is 1.55. The number of ketones is 1. The molecule has 3 aliphatic carbocycles. The van der Waals surface area contributed by atoms with E-state index in [1.54, 1.807) is 31.7 Å². The number of hydrogen-bond acceptors (Lipinski definition) is 7. The molecule has 1 heterocycles. The van der Waals surface area contributed by atoms with Gasteiger partial charge in [-0.15, -0.1) is 6.58 Å². The van der Waals surface area contributed by atoms with Crippen molar-refractivity contribution in [1.82, 2.24) is 26.2 Å². The van der Waals surface area contributed by atoms with Gasteiger partial charge >= 0.3 is 6.03 Å². The van der Waals surface area contributed by atoms with Crippen molar-refractivity contribution in [2.75, 3.05) is 18.8 Å². The molecule has 1 aliphatic heterocycles. The van der Waals surface area contributed by atoms with Crippen LogP contribution >= 0.6 is 0 Å². The number of nitrogens with zero attached hydrogens (tertiary/aromatic N) is 1. The van der Waals surface area contributed by atoms with Crippen LogP contribution in [0.25, 0.3) is 0 Å². The van der Waals surface area contributed by atoms with Gasteiger partial charge in [0.05, 0.1) is 22.1 Å². The molecule has 288 valence electrons. The van der Waals surface area contributed by atoms with Crippen molar-refractivity contribution < 1.29 is 32.4 Å². The van der Waals surface area contributed by atoms with Crippen LogP contribution in [0.5, 0.6) is 0 Å². The molecule has 0 spiro atoms. The number of urea groups is 1. The Kier molecular flexibility index (Phi) is 12.1. The molecule has 4 fully saturated rings. The van der Waals surface area contributed by atoms with Crippen LogP contribution in [-0.2, 0) is 29.0 Å². The summed E-state index contributed by atoms with van der Waals surface area (Å²) in [4.78, 5) is 70.2.